The second-order valence-corrected chi connectivity index (χ2v) is 9.15. The molecule has 7 heterocycles. The van der Waals surface area contributed by atoms with E-state index >= 15 is 0 Å². The summed E-state index contributed by atoms with van der Waals surface area (Å²) in [5.74, 6) is 0.407. The number of piperazine rings is 6. The van der Waals surface area contributed by atoms with Crippen molar-refractivity contribution in [2.45, 2.75) is 12.1 Å². The number of nitrogens with zero attached hydrogens (tertiary/aromatic N) is 6. The lowest BCUT2D eigenvalue weighted by Crippen LogP contribution is -2.62. The molecule has 2 N–H and O–H groups in total. The Hall–Kier alpha value is -1.53. The zero-order valence-electron chi connectivity index (χ0n) is 16.0. The van der Waals surface area contributed by atoms with Crippen molar-refractivity contribution in [1.29, 1.82) is 0 Å². The summed E-state index contributed by atoms with van der Waals surface area (Å²) >= 11 is 1.14. The normalized spacial score (nSPS) is 36.4. The number of aromatic nitrogens is 1. The fraction of sp³-hybridized carbons (Fsp3) is 0.824. The minimum absolute atomic E-state index is 0.105. The Morgan fingerprint density at radius 3 is 1.93 bits per heavy atom. The van der Waals surface area contributed by atoms with Crippen LogP contribution in [0.4, 0.5) is 16.0 Å². The quantitative estimate of drug-likeness (QED) is 0.473. The van der Waals surface area contributed by atoms with Gasteiger partial charge < -0.3 is 10.6 Å². The monoisotopic (exact) mass is 408 g/mol. The zero-order valence-corrected chi connectivity index (χ0v) is 16.9. The van der Waals surface area contributed by atoms with Crippen molar-refractivity contribution in [3.05, 3.63) is 10.1 Å². The van der Waals surface area contributed by atoms with Gasteiger partial charge in [-0.15, -0.1) is 0 Å². The van der Waals surface area contributed by atoms with Crippen LogP contribution in [0.5, 0.6) is 0 Å². The molecule has 0 saturated carbocycles. The van der Waals surface area contributed by atoms with Gasteiger partial charge in [-0.3, -0.25) is 29.7 Å². The van der Waals surface area contributed by atoms with Gasteiger partial charge in [0.2, 0.25) is 5.82 Å². The molecular weight excluding hydrogens is 380 g/mol. The molecule has 2 unspecified atom stereocenters. The predicted octanol–water partition coefficient (Wildman–Crippen LogP) is -0.125. The third-order valence-electron chi connectivity index (χ3n) is 6.55. The summed E-state index contributed by atoms with van der Waals surface area (Å²) in [7, 11) is 0. The van der Waals surface area contributed by atoms with Crippen molar-refractivity contribution in [2.75, 3.05) is 89.2 Å². The maximum Gasteiger partial charge on any atom is 0.369 e. The number of hydrogen-bond acceptors (Lipinski definition) is 10. The maximum absolute atomic E-state index is 11.5. The van der Waals surface area contributed by atoms with E-state index in [9.17, 15) is 10.1 Å². The molecule has 1 aromatic heterocycles. The van der Waals surface area contributed by atoms with E-state index in [1.165, 1.54) is 0 Å². The van der Waals surface area contributed by atoms with Gasteiger partial charge in [0, 0.05) is 90.6 Å². The van der Waals surface area contributed by atoms with Crippen molar-refractivity contribution in [3.8, 4) is 0 Å². The van der Waals surface area contributed by atoms with Crippen molar-refractivity contribution in [3.63, 3.8) is 0 Å². The number of thiazole rings is 1. The number of hydrogen-bond donors (Lipinski definition) is 2. The second-order valence-electron chi connectivity index (χ2n) is 8.17. The van der Waals surface area contributed by atoms with Crippen molar-refractivity contribution < 1.29 is 4.92 Å². The first-order valence-corrected chi connectivity index (χ1v) is 11.0. The highest BCUT2D eigenvalue weighted by Crippen LogP contribution is 2.35. The van der Waals surface area contributed by atoms with Gasteiger partial charge in [0.05, 0.1) is 4.92 Å². The molecule has 6 aliphatic rings. The lowest BCUT2D eigenvalue weighted by molar-refractivity contribution is -0.379. The molecule has 1 aromatic rings. The molecule has 154 valence electrons. The van der Waals surface area contributed by atoms with E-state index in [0.717, 1.165) is 83.3 Å². The number of nitrogens with one attached hydrogen (secondary N) is 2. The topological polar surface area (TPSA) is 93.0 Å². The van der Waals surface area contributed by atoms with E-state index in [-0.39, 0.29) is 9.92 Å². The largest absolute Gasteiger partial charge is 0.369 e. The highest BCUT2D eigenvalue weighted by molar-refractivity contribution is 7.19. The van der Waals surface area contributed by atoms with Crippen LogP contribution in [-0.2, 0) is 0 Å². The number of nitro groups is 1. The third kappa shape index (κ3) is 3.69. The van der Waals surface area contributed by atoms with Gasteiger partial charge in [-0.1, -0.05) is 0 Å². The Morgan fingerprint density at radius 2 is 1.46 bits per heavy atom. The van der Waals surface area contributed by atoms with Gasteiger partial charge in [0.1, 0.15) is 0 Å². The zero-order chi connectivity index (χ0) is 19.1. The summed E-state index contributed by atoms with van der Waals surface area (Å²) in [6.45, 7) is 12.6. The first kappa shape index (κ1) is 18.5. The fourth-order valence-electron chi connectivity index (χ4n) is 4.88. The van der Waals surface area contributed by atoms with Crippen LogP contribution in [0.3, 0.4) is 0 Å². The van der Waals surface area contributed by atoms with Gasteiger partial charge in [-0.2, -0.15) is 4.98 Å². The average molecular weight is 409 g/mol. The highest BCUT2D eigenvalue weighted by Gasteiger charge is 2.33. The molecule has 6 fully saturated rings. The lowest BCUT2D eigenvalue weighted by atomic mass is 10.1. The van der Waals surface area contributed by atoms with Gasteiger partial charge >= 0.3 is 5.00 Å². The Kier molecular flexibility index (Phi) is 5.09. The van der Waals surface area contributed by atoms with Crippen LogP contribution in [0.2, 0.25) is 0 Å². The molecule has 0 amide bonds. The van der Waals surface area contributed by atoms with Gasteiger partial charge in [-0.05, 0) is 11.3 Å². The molecule has 28 heavy (non-hydrogen) atoms. The van der Waals surface area contributed by atoms with Crippen molar-refractivity contribution >= 4 is 27.3 Å². The van der Waals surface area contributed by atoms with E-state index in [1.807, 2.05) is 0 Å². The van der Waals surface area contributed by atoms with Crippen molar-refractivity contribution in [2.24, 2.45) is 0 Å². The Morgan fingerprint density at radius 1 is 0.929 bits per heavy atom. The number of anilines is 2. The first-order valence-electron chi connectivity index (χ1n) is 10.2. The maximum atomic E-state index is 11.5. The predicted molar refractivity (Wildman–Crippen MR) is 109 cm³/mol. The molecular formula is C17H28N8O2S. The summed E-state index contributed by atoms with van der Waals surface area (Å²) in [6, 6.07) is 0.862. The van der Waals surface area contributed by atoms with Gasteiger partial charge in [0.25, 0.3) is 0 Å². The van der Waals surface area contributed by atoms with E-state index < -0.39 is 0 Å². The molecule has 0 aromatic carbocycles. The second kappa shape index (κ2) is 7.71. The molecule has 10 nitrogen and oxygen atoms in total. The summed E-state index contributed by atoms with van der Waals surface area (Å²) in [6.07, 6.45) is 0. The van der Waals surface area contributed by atoms with Crippen LogP contribution in [-0.4, -0.2) is 120 Å². The van der Waals surface area contributed by atoms with Crippen LogP contribution in [0, 0.1) is 10.1 Å². The highest BCUT2D eigenvalue weighted by atomic mass is 32.1. The van der Waals surface area contributed by atoms with Crippen LogP contribution in [0.1, 0.15) is 0 Å². The van der Waals surface area contributed by atoms with Crippen LogP contribution >= 0.6 is 11.3 Å². The molecule has 2 atom stereocenters. The molecule has 0 spiro atoms. The van der Waals surface area contributed by atoms with Crippen LogP contribution < -0.4 is 10.6 Å². The minimum Gasteiger partial charge on any atom is -0.362 e. The van der Waals surface area contributed by atoms with Gasteiger partial charge in [0.15, 0.2) is 5.13 Å². The molecule has 4 bridgehead atoms. The Balaban J connectivity index is 1.20. The summed E-state index contributed by atoms with van der Waals surface area (Å²) in [4.78, 5) is 25.6. The third-order valence-corrected chi connectivity index (χ3v) is 7.52. The average Bonchev–Trinajstić information content (AvgIpc) is 3.16. The summed E-state index contributed by atoms with van der Waals surface area (Å²) in [5, 5.41) is 18.9. The van der Waals surface area contributed by atoms with Crippen LogP contribution in [0.25, 0.3) is 0 Å². The van der Waals surface area contributed by atoms with E-state index in [0.29, 0.717) is 29.6 Å². The smallest absolute Gasteiger partial charge is 0.362 e. The Bertz CT molecular complexity index is 714. The molecule has 6 saturated heterocycles. The van der Waals surface area contributed by atoms with E-state index in [1.54, 1.807) is 0 Å². The molecule has 11 heteroatoms. The molecule has 0 radical (unpaired) electrons. The van der Waals surface area contributed by atoms with Gasteiger partial charge in [-0.25, -0.2) is 0 Å². The SMILES string of the molecule is O=[N+]([O-])c1sc(NCC2CN3CCN2CC3)nc1NCC1CN2CCN1CC2. The fourth-order valence-corrected chi connectivity index (χ4v) is 5.65. The van der Waals surface area contributed by atoms with E-state index in [4.69, 9.17) is 0 Å². The molecule has 6 aliphatic heterocycles. The summed E-state index contributed by atoms with van der Waals surface area (Å²) < 4.78 is 0. The summed E-state index contributed by atoms with van der Waals surface area (Å²) in [5.41, 5.74) is 0. The van der Waals surface area contributed by atoms with Crippen molar-refractivity contribution in [1.82, 2.24) is 24.6 Å². The standard InChI is InChI=1S/C17H28N8O2S/c26-25(27)16-15(18-9-13-11-21-1-5-23(13)6-2-21)20-17(28-16)19-10-14-12-22-3-7-24(14)8-4-22/h13-14,18H,1-12H2,(H,19,20). The lowest BCUT2D eigenvalue weighted by Gasteiger charge is -2.47. The molecule has 7 rings (SSSR count). The Labute approximate surface area is 168 Å². The number of fused-ring (bicyclic) bond motifs is 6. The van der Waals surface area contributed by atoms with E-state index in [2.05, 4.69) is 35.2 Å². The number of rotatable bonds is 7. The van der Waals surface area contributed by atoms with Crippen LogP contribution in [0.15, 0.2) is 0 Å². The molecule has 0 aliphatic carbocycles. The minimum atomic E-state index is -0.320. The first-order chi connectivity index (χ1) is 13.7.